The number of amidine groups is 1. The Kier molecular flexibility index (Phi) is 7.63. The number of benzene rings is 2. The first-order valence-electron chi connectivity index (χ1n) is 12.1. The Labute approximate surface area is 223 Å². The average molecular weight is 568 g/mol. The maximum atomic E-state index is 13.1. The van der Waals surface area contributed by atoms with E-state index in [-0.39, 0.29) is 49.5 Å². The van der Waals surface area contributed by atoms with Gasteiger partial charge in [-0.05, 0) is 61.6 Å². The van der Waals surface area contributed by atoms with Gasteiger partial charge in [-0.1, -0.05) is 18.2 Å². The van der Waals surface area contributed by atoms with E-state index in [0.717, 1.165) is 23.3 Å². The van der Waals surface area contributed by atoms with Crippen LogP contribution in [-0.4, -0.2) is 68.3 Å². The molecule has 1 saturated heterocycles. The Morgan fingerprint density at radius 2 is 1.90 bits per heavy atom. The quantitative estimate of drug-likeness (QED) is 0.531. The predicted octanol–water partition coefficient (Wildman–Crippen LogP) is 2.69. The number of hydrogen-bond acceptors (Lipinski definition) is 6. The number of nitrogens with two attached hydrogens (primary N) is 1. The lowest BCUT2D eigenvalue weighted by Gasteiger charge is -2.34. The van der Waals surface area contributed by atoms with Crippen molar-refractivity contribution in [2.45, 2.75) is 38.1 Å². The first-order chi connectivity index (χ1) is 18.2. The van der Waals surface area contributed by atoms with Crippen molar-refractivity contribution in [2.75, 3.05) is 30.8 Å². The van der Waals surface area contributed by atoms with Crippen molar-refractivity contribution >= 4 is 33.5 Å². The highest BCUT2D eigenvalue weighted by atomic mass is 32.2. The lowest BCUT2D eigenvalue weighted by molar-refractivity contribution is -0.274. The molecule has 0 radical (unpaired) electrons. The summed E-state index contributed by atoms with van der Waals surface area (Å²) in [6.45, 7) is 1.97. The standard InChI is InChI=1S/C25H28F3N5O5S/c1-16-14-19(32(2)23(29)35)7-6-17(16)8-13-39(36,37)33-11-9-24(10-12-33)22(34)30-21(31-24)18-4-3-5-20(15-18)38-25(26,27)28/h3-7,14-15H,8-13H2,1-2H3,(H2,29,35)(H,30,31,34). The first-order valence-corrected chi connectivity index (χ1v) is 13.7. The van der Waals surface area contributed by atoms with E-state index in [1.165, 1.54) is 21.3 Å². The Bertz CT molecular complexity index is 1420. The summed E-state index contributed by atoms with van der Waals surface area (Å²) in [4.78, 5) is 30.0. The number of anilines is 1. The molecule has 0 aliphatic carbocycles. The van der Waals surface area contributed by atoms with Gasteiger partial charge < -0.3 is 15.8 Å². The van der Waals surface area contributed by atoms with E-state index >= 15 is 0 Å². The number of amides is 3. The van der Waals surface area contributed by atoms with Gasteiger partial charge in [0.25, 0.3) is 5.91 Å². The van der Waals surface area contributed by atoms with Gasteiger partial charge in [0, 0.05) is 31.4 Å². The molecule has 0 aromatic heterocycles. The lowest BCUT2D eigenvalue weighted by atomic mass is 9.89. The number of hydrogen-bond donors (Lipinski definition) is 2. The number of ether oxygens (including phenoxy) is 1. The van der Waals surface area contributed by atoms with Crippen molar-refractivity contribution in [2.24, 2.45) is 10.7 Å². The third kappa shape index (κ3) is 6.33. The molecule has 3 amide bonds. The Hall–Kier alpha value is -3.65. The molecule has 0 saturated carbocycles. The molecule has 3 N–H and O–H groups in total. The van der Waals surface area contributed by atoms with Crippen molar-refractivity contribution < 1.29 is 35.9 Å². The van der Waals surface area contributed by atoms with Crippen LogP contribution in [0.15, 0.2) is 47.5 Å². The number of aliphatic imine (C=N–C) groups is 1. The molecule has 14 heteroatoms. The zero-order valence-corrected chi connectivity index (χ0v) is 22.1. The topological polar surface area (TPSA) is 134 Å². The largest absolute Gasteiger partial charge is 0.573 e. The molecular weight excluding hydrogens is 539 g/mol. The van der Waals surface area contributed by atoms with Gasteiger partial charge in [0.1, 0.15) is 17.1 Å². The number of nitrogens with one attached hydrogen (secondary N) is 1. The summed E-state index contributed by atoms with van der Waals surface area (Å²) in [5, 5.41) is 2.62. The zero-order valence-electron chi connectivity index (χ0n) is 21.3. The van der Waals surface area contributed by atoms with Gasteiger partial charge in [-0.2, -0.15) is 0 Å². The molecule has 2 aliphatic rings. The van der Waals surface area contributed by atoms with Gasteiger partial charge in [-0.3, -0.25) is 14.7 Å². The average Bonchev–Trinajstić information content (AvgIpc) is 3.17. The molecule has 0 bridgehead atoms. The highest BCUT2D eigenvalue weighted by Gasteiger charge is 2.47. The normalized spacial score (nSPS) is 17.6. The Balaban J connectivity index is 1.40. The molecule has 1 spiro atoms. The number of aryl methyl sites for hydroxylation is 2. The van der Waals surface area contributed by atoms with Crippen LogP contribution < -0.4 is 20.7 Å². The van der Waals surface area contributed by atoms with Crippen molar-refractivity contribution in [3.8, 4) is 5.75 Å². The van der Waals surface area contributed by atoms with Gasteiger partial charge in [0.05, 0.1) is 5.75 Å². The van der Waals surface area contributed by atoms with Crippen molar-refractivity contribution in [3.63, 3.8) is 0 Å². The van der Waals surface area contributed by atoms with Crippen LogP contribution in [0.1, 0.15) is 29.5 Å². The fourth-order valence-corrected chi connectivity index (χ4v) is 6.11. The van der Waals surface area contributed by atoms with Crippen LogP contribution in [0.25, 0.3) is 0 Å². The van der Waals surface area contributed by atoms with Gasteiger partial charge in [-0.25, -0.2) is 17.5 Å². The summed E-state index contributed by atoms with van der Waals surface area (Å²) >= 11 is 0. The number of rotatable bonds is 7. The summed E-state index contributed by atoms with van der Waals surface area (Å²) in [6, 6.07) is 9.75. The SMILES string of the molecule is Cc1cc(N(C)C(N)=O)ccc1CCS(=O)(=O)N1CCC2(CC1)N=C(c1cccc(OC(F)(F)F)c1)NC2=O. The number of sulfonamides is 1. The maximum absolute atomic E-state index is 13.1. The molecule has 0 unspecified atom stereocenters. The summed E-state index contributed by atoms with van der Waals surface area (Å²) in [6.07, 6.45) is -4.33. The predicted molar refractivity (Wildman–Crippen MR) is 138 cm³/mol. The van der Waals surface area contributed by atoms with E-state index < -0.39 is 39.6 Å². The van der Waals surface area contributed by atoms with E-state index in [1.807, 2.05) is 6.92 Å². The van der Waals surface area contributed by atoms with E-state index in [1.54, 1.807) is 25.2 Å². The van der Waals surface area contributed by atoms with E-state index in [4.69, 9.17) is 5.73 Å². The molecule has 39 heavy (non-hydrogen) atoms. The molecule has 1 fully saturated rings. The first kappa shape index (κ1) is 28.4. The third-order valence-corrected chi connectivity index (χ3v) is 8.81. The lowest BCUT2D eigenvalue weighted by Crippen LogP contribution is -2.50. The Morgan fingerprint density at radius 3 is 2.51 bits per heavy atom. The molecular formula is C25H28F3N5O5S. The number of alkyl halides is 3. The molecule has 210 valence electrons. The van der Waals surface area contributed by atoms with Gasteiger partial charge in [0.15, 0.2) is 0 Å². The minimum absolute atomic E-state index is 0.0745. The van der Waals surface area contributed by atoms with Crippen LogP contribution in [0.5, 0.6) is 5.75 Å². The second-order valence-corrected chi connectivity index (χ2v) is 11.6. The number of halogens is 3. The molecule has 4 rings (SSSR count). The minimum Gasteiger partial charge on any atom is -0.406 e. The highest BCUT2D eigenvalue weighted by molar-refractivity contribution is 7.89. The second-order valence-electron chi connectivity index (χ2n) is 9.49. The third-order valence-electron chi connectivity index (χ3n) is 6.94. The molecule has 2 aromatic rings. The van der Waals surface area contributed by atoms with Gasteiger partial charge in [0.2, 0.25) is 10.0 Å². The van der Waals surface area contributed by atoms with Crippen LogP contribution in [0.2, 0.25) is 0 Å². The van der Waals surface area contributed by atoms with E-state index in [0.29, 0.717) is 5.69 Å². The van der Waals surface area contributed by atoms with Crippen LogP contribution in [0.3, 0.4) is 0 Å². The molecule has 2 heterocycles. The van der Waals surface area contributed by atoms with Crippen molar-refractivity contribution in [1.82, 2.24) is 9.62 Å². The maximum Gasteiger partial charge on any atom is 0.573 e. The monoisotopic (exact) mass is 567 g/mol. The number of primary amides is 1. The molecule has 2 aliphatic heterocycles. The smallest absolute Gasteiger partial charge is 0.406 e. The second kappa shape index (κ2) is 10.5. The van der Waals surface area contributed by atoms with Gasteiger partial charge in [-0.15, -0.1) is 13.2 Å². The van der Waals surface area contributed by atoms with Crippen LogP contribution in [-0.2, 0) is 21.2 Å². The van der Waals surface area contributed by atoms with Crippen LogP contribution in [0, 0.1) is 6.92 Å². The van der Waals surface area contributed by atoms with Crippen molar-refractivity contribution in [3.05, 3.63) is 59.2 Å². The fourth-order valence-electron chi connectivity index (χ4n) is 4.63. The summed E-state index contributed by atoms with van der Waals surface area (Å²) in [7, 11) is -2.10. The van der Waals surface area contributed by atoms with Gasteiger partial charge >= 0.3 is 12.4 Å². The fraction of sp³-hybridized carbons (Fsp3) is 0.400. The zero-order chi connectivity index (χ0) is 28.6. The number of piperidine rings is 1. The molecule has 10 nitrogen and oxygen atoms in total. The highest BCUT2D eigenvalue weighted by Crippen LogP contribution is 2.33. The number of nitrogens with zero attached hydrogens (tertiary/aromatic N) is 3. The number of carbonyl (C=O) groups excluding carboxylic acids is 2. The van der Waals surface area contributed by atoms with Crippen molar-refractivity contribution in [1.29, 1.82) is 0 Å². The number of urea groups is 1. The summed E-state index contributed by atoms with van der Waals surface area (Å²) in [5.74, 6) is -0.889. The van der Waals surface area contributed by atoms with Crippen LogP contribution in [0.4, 0.5) is 23.7 Å². The molecule has 2 aromatic carbocycles. The van der Waals surface area contributed by atoms with E-state index in [2.05, 4.69) is 15.0 Å². The summed E-state index contributed by atoms with van der Waals surface area (Å²) in [5.41, 5.74) is 6.59. The summed E-state index contributed by atoms with van der Waals surface area (Å²) < 4.78 is 69.2. The molecule has 0 atom stereocenters. The number of carbonyl (C=O) groups is 2. The minimum atomic E-state index is -4.86. The Morgan fingerprint density at radius 1 is 1.21 bits per heavy atom. The van der Waals surface area contributed by atoms with Crippen LogP contribution >= 0.6 is 0 Å². The van der Waals surface area contributed by atoms with E-state index in [9.17, 15) is 31.2 Å².